The second kappa shape index (κ2) is 4.53. The smallest absolute Gasteiger partial charge is 0.0559 e. The molecule has 2 atom stereocenters. The van der Waals surface area contributed by atoms with Crippen LogP contribution in [0.1, 0.15) is 25.7 Å². The third-order valence-electron chi connectivity index (χ3n) is 2.90. The van der Waals surface area contributed by atoms with Crippen LogP contribution in [0.5, 0.6) is 0 Å². The molecule has 2 rings (SSSR count). The topological polar surface area (TPSA) is 58.3 Å². The van der Waals surface area contributed by atoms with Crippen molar-refractivity contribution in [3.05, 3.63) is 24.3 Å². The molecule has 15 heavy (non-hydrogen) atoms. The number of hydrogen-bond acceptors (Lipinski definition) is 3. The van der Waals surface area contributed by atoms with Crippen LogP contribution >= 0.6 is 0 Å². The zero-order valence-corrected chi connectivity index (χ0v) is 8.82. The molecule has 1 aromatic carbocycles. The van der Waals surface area contributed by atoms with E-state index in [0.717, 1.165) is 37.1 Å². The summed E-state index contributed by atoms with van der Waals surface area (Å²) < 4.78 is 0. The molecule has 1 aromatic rings. The van der Waals surface area contributed by atoms with Gasteiger partial charge in [-0.25, -0.2) is 0 Å². The Morgan fingerprint density at radius 2 is 2.20 bits per heavy atom. The molecule has 1 fully saturated rings. The van der Waals surface area contributed by atoms with Crippen LogP contribution in [0.4, 0.5) is 11.4 Å². The summed E-state index contributed by atoms with van der Waals surface area (Å²) >= 11 is 0. The first-order valence-corrected chi connectivity index (χ1v) is 5.54. The molecular formula is C12H18N2O. The van der Waals surface area contributed by atoms with E-state index in [0.29, 0.717) is 6.04 Å². The summed E-state index contributed by atoms with van der Waals surface area (Å²) in [5.74, 6) is 0. The average molecular weight is 206 g/mol. The lowest BCUT2D eigenvalue weighted by molar-refractivity contribution is 0.124. The second-order valence-corrected chi connectivity index (χ2v) is 4.29. The predicted octanol–water partition coefficient (Wildman–Crippen LogP) is 1.98. The molecule has 0 saturated heterocycles. The molecule has 0 heterocycles. The minimum absolute atomic E-state index is 0.141. The van der Waals surface area contributed by atoms with E-state index in [4.69, 9.17) is 5.73 Å². The number of anilines is 2. The highest BCUT2D eigenvalue weighted by Crippen LogP contribution is 2.22. The Morgan fingerprint density at radius 1 is 1.33 bits per heavy atom. The van der Waals surface area contributed by atoms with Crippen LogP contribution in [0.2, 0.25) is 0 Å². The van der Waals surface area contributed by atoms with Crippen molar-refractivity contribution < 1.29 is 5.11 Å². The number of nitrogens with one attached hydrogen (secondary N) is 1. The van der Waals surface area contributed by atoms with Crippen molar-refractivity contribution in [1.29, 1.82) is 0 Å². The van der Waals surface area contributed by atoms with Gasteiger partial charge in [0.1, 0.15) is 0 Å². The normalized spacial score (nSPS) is 26.2. The van der Waals surface area contributed by atoms with Crippen molar-refractivity contribution >= 4 is 11.4 Å². The Balaban J connectivity index is 1.96. The monoisotopic (exact) mass is 206 g/mol. The lowest BCUT2D eigenvalue weighted by atomic mass is 9.93. The second-order valence-electron chi connectivity index (χ2n) is 4.29. The molecule has 3 nitrogen and oxygen atoms in total. The molecular weight excluding hydrogens is 188 g/mol. The summed E-state index contributed by atoms with van der Waals surface area (Å²) in [6, 6.07) is 8.14. The molecule has 0 aliphatic heterocycles. The number of nitrogen functional groups attached to an aromatic ring is 1. The predicted molar refractivity (Wildman–Crippen MR) is 62.7 cm³/mol. The van der Waals surface area contributed by atoms with Crippen molar-refractivity contribution in [2.45, 2.75) is 37.8 Å². The molecule has 4 N–H and O–H groups in total. The molecule has 0 bridgehead atoms. The van der Waals surface area contributed by atoms with Gasteiger partial charge in [-0.1, -0.05) is 6.07 Å². The maximum Gasteiger partial charge on any atom is 0.0559 e. The lowest BCUT2D eigenvalue weighted by Crippen LogP contribution is -2.29. The van der Waals surface area contributed by atoms with Crippen molar-refractivity contribution in [3.8, 4) is 0 Å². The van der Waals surface area contributed by atoms with Crippen LogP contribution < -0.4 is 11.1 Å². The summed E-state index contributed by atoms with van der Waals surface area (Å²) in [5.41, 5.74) is 7.53. The Kier molecular flexibility index (Phi) is 3.11. The molecule has 0 amide bonds. The van der Waals surface area contributed by atoms with E-state index >= 15 is 0 Å². The van der Waals surface area contributed by atoms with Crippen LogP contribution in [-0.4, -0.2) is 17.3 Å². The number of aliphatic hydroxyl groups is 1. The maximum absolute atomic E-state index is 9.55. The highest BCUT2D eigenvalue weighted by molar-refractivity contribution is 5.54. The highest BCUT2D eigenvalue weighted by atomic mass is 16.3. The molecule has 2 unspecified atom stereocenters. The van der Waals surface area contributed by atoms with Gasteiger partial charge in [0, 0.05) is 17.4 Å². The minimum atomic E-state index is -0.141. The van der Waals surface area contributed by atoms with Crippen LogP contribution in [0.25, 0.3) is 0 Å². The number of benzene rings is 1. The third-order valence-corrected chi connectivity index (χ3v) is 2.90. The first kappa shape index (κ1) is 10.3. The summed E-state index contributed by atoms with van der Waals surface area (Å²) in [7, 11) is 0. The number of rotatable bonds is 2. The van der Waals surface area contributed by atoms with Gasteiger partial charge in [-0.3, -0.25) is 0 Å². The third kappa shape index (κ3) is 2.86. The first-order valence-electron chi connectivity index (χ1n) is 5.54. The van der Waals surface area contributed by atoms with E-state index in [1.54, 1.807) is 0 Å². The Hall–Kier alpha value is -1.22. The fraction of sp³-hybridized carbons (Fsp3) is 0.500. The van der Waals surface area contributed by atoms with Crippen LogP contribution in [-0.2, 0) is 0 Å². The van der Waals surface area contributed by atoms with Gasteiger partial charge in [-0.2, -0.15) is 0 Å². The molecule has 1 aliphatic carbocycles. The van der Waals surface area contributed by atoms with E-state index in [1.807, 2.05) is 24.3 Å². The van der Waals surface area contributed by atoms with E-state index in [2.05, 4.69) is 5.32 Å². The molecule has 0 aromatic heterocycles. The lowest BCUT2D eigenvalue weighted by Gasteiger charge is -2.27. The average Bonchev–Trinajstić information content (AvgIpc) is 2.17. The first-order chi connectivity index (χ1) is 7.24. The molecule has 0 radical (unpaired) electrons. The molecule has 82 valence electrons. The Labute approximate surface area is 90.3 Å². The van der Waals surface area contributed by atoms with Gasteiger partial charge in [0.25, 0.3) is 0 Å². The van der Waals surface area contributed by atoms with Gasteiger partial charge in [0.15, 0.2) is 0 Å². The van der Waals surface area contributed by atoms with E-state index in [9.17, 15) is 5.11 Å². The fourth-order valence-electron chi connectivity index (χ4n) is 2.16. The highest BCUT2D eigenvalue weighted by Gasteiger charge is 2.19. The summed E-state index contributed by atoms with van der Waals surface area (Å²) in [4.78, 5) is 0. The van der Waals surface area contributed by atoms with Gasteiger partial charge in [-0.15, -0.1) is 0 Å². The van der Waals surface area contributed by atoms with Crippen LogP contribution in [0.15, 0.2) is 24.3 Å². The van der Waals surface area contributed by atoms with Crippen LogP contribution in [0, 0.1) is 0 Å². The van der Waals surface area contributed by atoms with Crippen LogP contribution in [0.3, 0.4) is 0 Å². The van der Waals surface area contributed by atoms with E-state index < -0.39 is 0 Å². The number of hydrogen-bond donors (Lipinski definition) is 3. The molecule has 1 saturated carbocycles. The molecule has 0 spiro atoms. The maximum atomic E-state index is 9.55. The number of aliphatic hydroxyl groups excluding tert-OH is 1. The largest absolute Gasteiger partial charge is 0.399 e. The van der Waals surface area contributed by atoms with Gasteiger partial charge in [-0.05, 0) is 43.9 Å². The zero-order valence-electron chi connectivity index (χ0n) is 8.82. The van der Waals surface area contributed by atoms with Crippen molar-refractivity contribution in [2.75, 3.05) is 11.1 Å². The van der Waals surface area contributed by atoms with Gasteiger partial charge in [0.05, 0.1) is 6.10 Å². The Morgan fingerprint density at radius 3 is 2.93 bits per heavy atom. The Bertz CT molecular complexity index is 327. The molecule has 1 aliphatic rings. The van der Waals surface area contributed by atoms with Gasteiger partial charge >= 0.3 is 0 Å². The van der Waals surface area contributed by atoms with Gasteiger partial charge < -0.3 is 16.2 Å². The summed E-state index contributed by atoms with van der Waals surface area (Å²) in [6.45, 7) is 0. The standard InChI is InChI=1S/C12H18N2O/c13-9-3-1-4-10(7-9)14-11-5-2-6-12(15)8-11/h1,3-4,7,11-12,14-15H,2,5-6,8,13H2. The van der Waals surface area contributed by atoms with Crippen molar-refractivity contribution in [1.82, 2.24) is 0 Å². The number of nitrogens with two attached hydrogens (primary N) is 1. The quantitative estimate of drug-likeness (QED) is 0.648. The summed E-state index contributed by atoms with van der Waals surface area (Å²) in [5, 5.41) is 13.0. The minimum Gasteiger partial charge on any atom is -0.399 e. The van der Waals surface area contributed by atoms with E-state index in [1.165, 1.54) is 0 Å². The van der Waals surface area contributed by atoms with E-state index in [-0.39, 0.29) is 6.10 Å². The zero-order chi connectivity index (χ0) is 10.7. The van der Waals surface area contributed by atoms with Gasteiger partial charge in [0.2, 0.25) is 0 Å². The fourth-order valence-corrected chi connectivity index (χ4v) is 2.16. The van der Waals surface area contributed by atoms with Crippen molar-refractivity contribution in [3.63, 3.8) is 0 Å². The van der Waals surface area contributed by atoms with Crippen molar-refractivity contribution in [2.24, 2.45) is 0 Å². The molecule has 3 heteroatoms. The SMILES string of the molecule is Nc1cccc(NC2CCCC(O)C2)c1. The summed E-state index contributed by atoms with van der Waals surface area (Å²) in [6.07, 6.45) is 3.87.